The average molecular weight is 349 g/mol. The number of hydrogen-bond acceptors (Lipinski definition) is 6. The molecule has 2 aromatic rings. The number of pyridine rings is 1. The Morgan fingerprint density at radius 2 is 2.04 bits per heavy atom. The molecule has 1 fully saturated rings. The Kier molecular flexibility index (Phi) is 4.42. The normalized spacial score (nSPS) is 16.2. The van der Waals surface area contributed by atoms with E-state index in [2.05, 4.69) is 10.3 Å². The van der Waals surface area contributed by atoms with Gasteiger partial charge in [-0.3, -0.25) is 9.78 Å². The summed E-state index contributed by atoms with van der Waals surface area (Å²) in [5.74, 6) is -0.608. The summed E-state index contributed by atoms with van der Waals surface area (Å²) in [6.45, 7) is 1.28. The molecule has 0 radical (unpaired) electrons. The Balaban J connectivity index is 2.16. The zero-order valence-electron chi connectivity index (χ0n) is 13.3. The lowest BCUT2D eigenvalue weighted by atomic mass is 10.0. The van der Waals surface area contributed by atoms with E-state index in [4.69, 9.17) is 10.5 Å². The van der Waals surface area contributed by atoms with Crippen molar-refractivity contribution in [3.8, 4) is 0 Å². The number of sulfone groups is 1. The van der Waals surface area contributed by atoms with Crippen molar-refractivity contribution in [1.29, 1.82) is 0 Å². The fourth-order valence-electron chi connectivity index (χ4n) is 2.79. The van der Waals surface area contributed by atoms with E-state index in [0.29, 0.717) is 29.8 Å². The molecule has 1 aromatic heterocycles. The highest BCUT2D eigenvalue weighted by molar-refractivity contribution is 7.90. The zero-order valence-corrected chi connectivity index (χ0v) is 14.1. The maximum Gasteiger partial charge on any atom is 0.252 e. The van der Waals surface area contributed by atoms with Gasteiger partial charge in [0.05, 0.1) is 21.7 Å². The van der Waals surface area contributed by atoms with Crippen molar-refractivity contribution in [2.45, 2.75) is 23.8 Å². The van der Waals surface area contributed by atoms with Crippen LogP contribution in [0, 0.1) is 0 Å². The molecular weight excluding hydrogens is 330 g/mol. The molecule has 3 rings (SSSR count). The van der Waals surface area contributed by atoms with E-state index in [1.165, 1.54) is 18.3 Å². The molecule has 0 spiro atoms. The van der Waals surface area contributed by atoms with Crippen molar-refractivity contribution >= 4 is 32.3 Å². The molecule has 1 aliphatic rings. The van der Waals surface area contributed by atoms with Crippen LogP contribution in [0.5, 0.6) is 0 Å². The number of nitrogens with one attached hydrogen (secondary N) is 1. The molecule has 1 aliphatic heterocycles. The number of amides is 1. The van der Waals surface area contributed by atoms with Gasteiger partial charge < -0.3 is 15.8 Å². The first kappa shape index (κ1) is 16.7. The predicted octanol–water partition coefficient (Wildman–Crippen LogP) is 1.33. The number of anilines is 1. The number of nitrogens with zero attached hydrogens (tertiary/aromatic N) is 1. The zero-order chi connectivity index (χ0) is 17.3. The van der Waals surface area contributed by atoms with Gasteiger partial charge in [-0.1, -0.05) is 0 Å². The van der Waals surface area contributed by atoms with Crippen LogP contribution in [0.3, 0.4) is 0 Å². The minimum absolute atomic E-state index is 0.129. The van der Waals surface area contributed by atoms with Crippen LogP contribution in [0.1, 0.15) is 23.2 Å². The lowest BCUT2D eigenvalue weighted by Gasteiger charge is -2.25. The standard InChI is InChI=1S/C16H19N3O4S/c1-24(21,22)11-2-3-14-12(8-11)15(13(9-18-14)16(17)20)19-10-4-6-23-7-5-10/h2-3,8-10H,4-7H2,1H3,(H2,17,20)(H,18,19). The molecule has 0 atom stereocenters. The average Bonchev–Trinajstić information content (AvgIpc) is 2.54. The van der Waals surface area contributed by atoms with Crippen LogP contribution in [0.2, 0.25) is 0 Å². The molecule has 0 bridgehead atoms. The maximum absolute atomic E-state index is 11.8. The summed E-state index contributed by atoms with van der Waals surface area (Å²) >= 11 is 0. The van der Waals surface area contributed by atoms with E-state index in [9.17, 15) is 13.2 Å². The van der Waals surface area contributed by atoms with Gasteiger partial charge in [-0.15, -0.1) is 0 Å². The van der Waals surface area contributed by atoms with Crippen LogP contribution in [0.25, 0.3) is 10.9 Å². The molecule has 0 unspecified atom stereocenters. The Morgan fingerprint density at radius 1 is 1.33 bits per heavy atom. The third kappa shape index (κ3) is 3.34. The molecule has 0 aliphatic carbocycles. The number of ether oxygens (including phenoxy) is 1. The molecule has 3 N–H and O–H groups in total. The van der Waals surface area contributed by atoms with Crippen LogP contribution in [0.15, 0.2) is 29.3 Å². The molecule has 0 saturated carbocycles. The number of aromatic nitrogens is 1. The first-order chi connectivity index (χ1) is 11.4. The van der Waals surface area contributed by atoms with E-state index >= 15 is 0 Å². The van der Waals surface area contributed by atoms with Gasteiger partial charge in [-0.25, -0.2) is 8.42 Å². The number of fused-ring (bicyclic) bond motifs is 1. The summed E-state index contributed by atoms with van der Waals surface area (Å²) in [6, 6.07) is 4.80. The third-order valence-electron chi connectivity index (χ3n) is 4.10. The van der Waals surface area contributed by atoms with Crippen LogP contribution >= 0.6 is 0 Å². The largest absolute Gasteiger partial charge is 0.381 e. The van der Waals surface area contributed by atoms with Crippen molar-refractivity contribution in [2.75, 3.05) is 24.8 Å². The summed E-state index contributed by atoms with van der Waals surface area (Å²) in [5.41, 5.74) is 6.85. The second-order valence-electron chi connectivity index (χ2n) is 5.89. The number of carbonyl (C=O) groups is 1. The molecule has 2 heterocycles. The maximum atomic E-state index is 11.8. The van der Waals surface area contributed by atoms with Gasteiger partial charge in [0.2, 0.25) is 0 Å². The van der Waals surface area contributed by atoms with Crippen LogP contribution < -0.4 is 11.1 Å². The Hall–Kier alpha value is -2.19. The second kappa shape index (κ2) is 6.37. The molecule has 24 heavy (non-hydrogen) atoms. The fourth-order valence-corrected chi connectivity index (χ4v) is 3.44. The van der Waals surface area contributed by atoms with Gasteiger partial charge in [0.15, 0.2) is 9.84 Å². The van der Waals surface area contributed by atoms with Gasteiger partial charge in [-0.2, -0.15) is 0 Å². The summed E-state index contributed by atoms with van der Waals surface area (Å²) in [4.78, 5) is 16.2. The van der Waals surface area contributed by atoms with Crippen LogP contribution in [-0.2, 0) is 14.6 Å². The highest BCUT2D eigenvalue weighted by Gasteiger charge is 2.20. The molecular formula is C16H19N3O4S. The van der Waals surface area contributed by atoms with Gasteiger partial charge in [0.25, 0.3) is 5.91 Å². The van der Waals surface area contributed by atoms with Crippen molar-refractivity contribution in [1.82, 2.24) is 4.98 Å². The second-order valence-corrected chi connectivity index (χ2v) is 7.91. The van der Waals surface area contributed by atoms with Crippen molar-refractivity contribution in [2.24, 2.45) is 5.73 Å². The highest BCUT2D eigenvalue weighted by atomic mass is 32.2. The lowest BCUT2D eigenvalue weighted by Crippen LogP contribution is -2.29. The third-order valence-corrected chi connectivity index (χ3v) is 5.21. The minimum Gasteiger partial charge on any atom is -0.381 e. The van der Waals surface area contributed by atoms with Crippen LogP contribution in [0.4, 0.5) is 5.69 Å². The summed E-state index contributed by atoms with van der Waals surface area (Å²) in [6.07, 6.45) is 4.17. The Morgan fingerprint density at radius 3 is 2.67 bits per heavy atom. The molecule has 1 saturated heterocycles. The number of primary amides is 1. The number of benzene rings is 1. The van der Waals surface area contributed by atoms with Crippen molar-refractivity contribution in [3.63, 3.8) is 0 Å². The monoisotopic (exact) mass is 349 g/mol. The van der Waals surface area contributed by atoms with Gasteiger partial charge >= 0.3 is 0 Å². The quantitative estimate of drug-likeness (QED) is 0.861. The molecule has 7 nitrogen and oxygen atoms in total. The topological polar surface area (TPSA) is 111 Å². The van der Waals surface area contributed by atoms with E-state index in [0.717, 1.165) is 19.1 Å². The predicted molar refractivity (Wildman–Crippen MR) is 90.8 cm³/mol. The summed E-state index contributed by atoms with van der Waals surface area (Å²) in [5, 5.41) is 3.91. The SMILES string of the molecule is CS(=O)(=O)c1ccc2ncc(C(N)=O)c(NC3CCOCC3)c2c1. The highest BCUT2D eigenvalue weighted by Crippen LogP contribution is 2.30. The number of hydrogen-bond donors (Lipinski definition) is 2. The smallest absolute Gasteiger partial charge is 0.252 e. The Labute approximate surface area is 140 Å². The first-order valence-corrected chi connectivity index (χ1v) is 9.52. The van der Waals surface area contributed by atoms with Crippen molar-refractivity contribution in [3.05, 3.63) is 30.0 Å². The molecule has 8 heteroatoms. The van der Waals surface area contributed by atoms with E-state index in [1.807, 2.05) is 0 Å². The molecule has 128 valence electrons. The minimum atomic E-state index is -3.37. The number of rotatable bonds is 4. The van der Waals surface area contributed by atoms with E-state index in [1.54, 1.807) is 6.07 Å². The van der Waals surface area contributed by atoms with Gasteiger partial charge in [-0.05, 0) is 31.0 Å². The van der Waals surface area contributed by atoms with E-state index < -0.39 is 15.7 Å². The lowest BCUT2D eigenvalue weighted by molar-refractivity contribution is 0.0904. The summed E-state index contributed by atoms with van der Waals surface area (Å²) in [7, 11) is -3.37. The summed E-state index contributed by atoms with van der Waals surface area (Å²) < 4.78 is 29.0. The van der Waals surface area contributed by atoms with Gasteiger partial charge in [0.1, 0.15) is 0 Å². The van der Waals surface area contributed by atoms with Crippen LogP contribution in [-0.4, -0.2) is 44.8 Å². The number of carbonyl (C=O) groups excluding carboxylic acids is 1. The fraction of sp³-hybridized carbons (Fsp3) is 0.375. The number of nitrogens with two attached hydrogens (primary N) is 1. The first-order valence-electron chi connectivity index (χ1n) is 7.63. The van der Waals surface area contributed by atoms with Crippen molar-refractivity contribution < 1.29 is 17.9 Å². The molecule has 1 aromatic carbocycles. The molecule has 1 amide bonds. The van der Waals surface area contributed by atoms with E-state index in [-0.39, 0.29) is 16.5 Å². The Bertz CT molecular complexity index is 890. The van der Waals surface area contributed by atoms with Gasteiger partial charge in [0, 0.05) is 37.1 Å².